The first-order valence-corrected chi connectivity index (χ1v) is 7.82. The standard InChI is InChI=1S/C17H20FNOS/c1-12(15-6-4-5-7-16(15)18)10-17(20)19(3)11-14-9-8-13(2)21-14/h4-9,12H,10-11H2,1-3H3. The van der Waals surface area contributed by atoms with Gasteiger partial charge >= 0.3 is 0 Å². The van der Waals surface area contributed by atoms with Gasteiger partial charge in [0.2, 0.25) is 5.91 Å². The lowest BCUT2D eigenvalue weighted by molar-refractivity contribution is -0.130. The van der Waals surface area contributed by atoms with Gasteiger partial charge in [-0.2, -0.15) is 0 Å². The summed E-state index contributed by atoms with van der Waals surface area (Å²) in [6.07, 6.45) is 0.321. The third-order valence-corrected chi connectivity index (χ3v) is 4.52. The normalized spacial score (nSPS) is 12.2. The van der Waals surface area contributed by atoms with Crippen LogP contribution in [0.2, 0.25) is 0 Å². The lowest BCUT2D eigenvalue weighted by atomic mass is 9.97. The van der Waals surface area contributed by atoms with Crippen molar-refractivity contribution in [1.82, 2.24) is 4.90 Å². The molecular weight excluding hydrogens is 285 g/mol. The molecule has 1 atom stereocenters. The number of carbonyl (C=O) groups excluding carboxylic acids is 1. The van der Waals surface area contributed by atoms with Crippen LogP contribution in [0.4, 0.5) is 4.39 Å². The second kappa shape index (κ2) is 6.85. The Morgan fingerprint density at radius 2 is 2.00 bits per heavy atom. The lowest BCUT2D eigenvalue weighted by Gasteiger charge is -2.19. The molecule has 0 fully saturated rings. The van der Waals surface area contributed by atoms with E-state index in [1.807, 2.05) is 13.0 Å². The van der Waals surface area contributed by atoms with Crippen molar-refractivity contribution in [2.75, 3.05) is 7.05 Å². The third kappa shape index (κ3) is 4.14. The highest BCUT2D eigenvalue weighted by molar-refractivity contribution is 7.11. The van der Waals surface area contributed by atoms with Crippen LogP contribution in [0.15, 0.2) is 36.4 Å². The van der Waals surface area contributed by atoms with Crippen LogP contribution in [0.3, 0.4) is 0 Å². The van der Waals surface area contributed by atoms with Crippen molar-refractivity contribution < 1.29 is 9.18 Å². The van der Waals surface area contributed by atoms with Crippen molar-refractivity contribution >= 4 is 17.2 Å². The van der Waals surface area contributed by atoms with Crippen LogP contribution in [-0.2, 0) is 11.3 Å². The molecule has 2 aromatic rings. The monoisotopic (exact) mass is 305 g/mol. The molecule has 21 heavy (non-hydrogen) atoms. The van der Waals surface area contributed by atoms with Crippen molar-refractivity contribution in [3.63, 3.8) is 0 Å². The maximum Gasteiger partial charge on any atom is 0.223 e. The molecule has 1 unspecified atom stereocenters. The van der Waals surface area contributed by atoms with Crippen LogP contribution in [-0.4, -0.2) is 17.9 Å². The Morgan fingerprint density at radius 1 is 1.29 bits per heavy atom. The maximum atomic E-state index is 13.7. The van der Waals surface area contributed by atoms with Gasteiger partial charge in [0.1, 0.15) is 5.82 Å². The zero-order valence-electron chi connectivity index (χ0n) is 12.6. The minimum atomic E-state index is -0.241. The Bertz CT molecular complexity index is 623. The number of thiophene rings is 1. The largest absolute Gasteiger partial charge is 0.341 e. The van der Waals surface area contributed by atoms with Crippen LogP contribution in [0.5, 0.6) is 0 Å². The SMILES string of the molecule is Cc1ccc(CN(C)C(=O)CC(C)c2ccccc2F)s1. The predicted molar refractivity (Wildman–Crippen MR) is 85.0 cm³/mol. The lowest BCUT2D eigenvalue weighted by Crippen LogP contribution is -2.27. The zero-order chi connectivity index (χ0) is 15.4. The minimum Gasteiger partial charge on any atom is -0.341 e. The van der Waals surface area contributed by atoms with Gasteiger partial charge in [0.25, 0.3) is 0 Å². The van der Waals surface area contributed by atoms with E-state index >= 15 is 0 Å². The number of hydrogen-bond donors (Lipinski definition) is 0. The first kappa shape index (κ1) is 15.7. The highest BCUT2D eigenvalue weighted by atomic mass is 32.1. The molecule has 4 heteroatoms. The predicted octanol–water partition coefficient (Wildman–Crippen LogP) is 4.35. The molecule has 2 rings (SSSR count). The number of halogens is 1. The molecule has 112 valence electrons. The topological polar surface area (TPSA) is 20.3 Å². The van der Waals surface area contributed by atoms with Crippen molar-refractivity contribution in [2.24, 2.45) is 0 Å². The van der Waals surface area contributed by atoms with Crippen molar-refractivity contribution in [3.8, 4) is 0 Å². The quantitative estimate of drug-likeness (QED) is 0.804. The summed E-state index contributed by atoms with van der Waals surface area (Å²) in [6, 6.07) is 10.8. The average Bonchev–Trinajstić information content (AvgIpc) is 2.84. The van der Waals surface area contributed by atoms with Gasteiger partial charge in [0.05, 0.1) is 6.54 Å². The number of aryl methyl sites for hydroxylation is 1. The van der Waals surface area contributed by atoms with Gasteiger partial charge in [-0.1, -0.05) is 25.1 Å². The van der Waals surface area contributed by atoms with Gasteiger partial charge in [-0.25, -0.2) is 4.39 Å². The molecule has 0 bridgehead atoms. The van der Waals surface area contributed by atoms with E-state index in [4.69, 9.17) is 0 Å². The molecule has 0 N–H and O–H groups in total. The fourth-order valence-corrected chi connectivity index (χ4v) is 3.24. The molecule has 0 aliphatic carbocycles. The van der Waals surface area contributed by atoms with E-state index < -0.39 is 0 Å². The number of nitrogens with zero attached hydrogens (tertiary/aromatic N) is 1. The summed E-state index contributed by atoms with van der Waals surface area (Å²) in [6.45, 7) is 4.55. The van der Waals surface area contributed by atoms with Crippen LogP contribution < -0.4 is 0 Å². The molecule has 1 heterocycles. The van der Waals surface area contributed by atoms with E-state index in [1.165, 1.54) is 15.8 Å². The smallest absolute Gasteiger partial charge is 0.223 e. The molecule has 0 saturated heterocycles. The van der Waals surface area contributed by atoms with Crippen LogP contribution in [0.1, 0.15) is 34.6 Å². The highest BCUT2D eigenvalue weighted by Gasteiger charge is 2.17. The average molecular weight is 305 g/mol. The number of rotatable bonds is 5. The van der Waals surface area contributed by atoms with E-state index in [2.05, 4.69) is 13.0 Å². The van der Waals surface area contributed by atoms with Gasteiger partial charge in [-0.3, -0.25) is 4.79 Å². The summed E-state index contributed by atoms with van der Waals surface area (Å²) in [5.41, 5.74) is 0.603. The summed E-state index contributed by atoms with van der Waals surface area (Å²) < 4.78 is 13.7. The first-order valence-electron chi connectivity index (χ1n) is 7.01. The molecule has 0 saturated carbocycles. The van der Waals surface area contributed by atoms with Crippen molar-refractivity contribution in [1.29, 1.82) is 0 Å². The number of benzene rings is 1. The highest BCUT2D eigenvalue weighted by Crippen LogP contribution is 2.23. The molecule has 0 aliphatic rings. The molecule has 0 aliphatic heterocycles. The summed E-state index contributed by atoms with van der Waals surface area (Å²) >= 11 is 1.70. The number of hydrogen-bond acceptors (Lipinski definition) is 2. The van der Waals surface area contributed by atoms with E-state index in [-0.39, 0.29) is 17.6 Å². The third-order valence-electron chi connectivity index (χ3n) is 3.53. The Kier molecular flexibility index (Phi) is 5.12. The molecule has 1 aromatic carbocycles. The van der Waals surface area contributed by atoms with Crippen LogP contribution in [0, 0.1) is 12.7 Å². The Labute approximate surface area is 129 Å². The Hall–Kier alpha value is -1.68. The minimum absolute atomic E-state index is 0.0387. The van der Waals surface area contributed by atoms with E-state index in [9.17, 15) is 9.18 Å². The Morgan fingerprint density at radius 3 is 2.62 bits per heavy atom. The van der Waals surface area contributed by atoms with Crippen LogP contribution >= 0.6 is 11.3 Å². The molecule has 2 nitrogen and oxygen atoms in total. The van der Waals surface area contributed by atoms with Gasteiger partial charge in [-0.05, 0) is 36.6 Å². The van der Waals surface area contributed by atoms with Crippen LogP contribution in [0.25, 0.3) is 0 Å². The number of carbonyl (C=O) groups is 1. The van der Waals surface area contributed by atoms with Crippen molar-refractivity contribution in [3.05, 3.63) is 57.5 Å². The van der Waals surface area contributed by atoms with Crippen molar-refractivity contribution in [2.45, 2.75) is 32.7 Å². The van der Waals surface area contributed by atoms with Gasteiger partial charge in [0.15, 0.2) is 0 Å². The van der Waals surface area contributed by atoms with E-state index in [0.29, 0.717) is 18.5 Å². The molecular formula is C17H20FNOS. The summed E-state index contributed by atoms with van der Waals surface area (Å²) in [4.78, 5) is 16.4. The van der Waals surface area contributed by atoms with Gasteiger partial charge in [-0.15, -0.1) is 11.3 Å². The fourth-order valence-electron chi connectivity index (χ4n) is 2.29. The second-order valence-corrected chi connectivity index (χ2v) is 6.76. The van der Waals surface area contributed by atoms with E-state index in [1.54, 1.807) is 41.5 Å². The zero-order valence-corrected chi connectivity index (χ0v) is 13.4. The maximum absolute atomic E-state index is 13.7. The molecule has 0 radical (unpaired) electrons. The molecule has 1 aromatic heterocycles. The summed E-state index contributed by atoms with van der Waals surface area (Å²) in [5, 5.41) is 0. The molecule has 1 amide bonds. The van der Waals surface area contributed by atoms with E-state index in [0.717, 1.165) is 0 Å². The van der Waals surface area contributed by atoms with Gasteiger partial charge < -0.3 is 4.90 Å². The van der Waals surface area contributed by atoms with Gasteiger partial charge in [0, 0.05) is 23.2 Å². The fraction of sp³-hybridized carbons (Fsp3) is 0.353. The second-order valence-electron chi connectivity index (χ2n) is 5.39. The summed E-state index contributed by atoms with van der Waals surface area (Å²) in [5.74, 6) is -0.322. The summed E-state index contributed by atoms with van der Waals surface area (Å²) in [7, 11) is 1.80. The number of amides is 1. The first-order chi connectivity index (χ1) is 9.97. The Balaban J connectivity index is 1.96. The molecule has 0 spiro atoms.